The number of rotatable bonds is 7. The van der Waals surface area contributed by atoms with Crippen LogP contribution in [0.2, 0.25) is 0 Å². The van der Waals surface area contributed by atoms with Crippen molar-refractivity contribution < 1.29 is 9.84 Å². The lowest BCUT2D eigenvalue weighted by Gasteiger charge is -2.25. The molecule has 1 aliphatic carbocycles. The second-order valence-corrected chi connectivity index (χ2v) is 7.19. The third-order valence-corrected chi connectivity index (χ3v) is 3.97. The Labute approximate surface area is 129 Å². The number of benzene rings is 1. The zero-order valence-corrected chi connectivity index (χ0v) is 14.0. The van der Waals surface area contributed by atoms with Crippen molar-refractivity contribution in [2.75, 3.05) is 13.2 Å². The van der Waals surface area contributed by atoms with Crippen LogP contribution in [0.3, 0.4) is 0 Å². The summed E-state index contributed by atoms with van der Waals surface area (Å²) in [5.74, 6) is 1.24. The topological polar surface area (TPSA) is 41.5 Å². The summed E-state index contributed by atoms with van der Waals surface area (Å²) in [6.45, 7) is 6.97. The molecule has 112 valence electrons. The minimum Gasteiger partial charge on any atom is -0.490 e. The number of hydrogen-bond acceptors (Lipinski definition) is 3. The largest absolute Gasteiger partial charge is 0.490 e. The lowest BCUT2D eigenvalue weighted by atomic mass is 10.0. The molecule has 0 aromatic heterocycles. The summed E-state index contributed by atoms with van der Waals surface area (Å²) in [5, 5.41) is 13.7. The molecule has 20 heavy (non-hydrogen) atoms. The zero-order valence-electron chi connectivity index (χ0n) is 12.4. The molecule has 1 aliphatic rings. The van der Waals surface area contributed by atoms with Gasteiger partial charge in [0.1, 0.15) is 18.0 Å². The molecule has 0 bridgehead atoms. The fraction of sp³-hybridized carbons (Fsp3) is 0.625. The maximum Gasteiger partial charge on any atom is 0.122 e. The van der Waals surface area contributed by atoms with Gasteiger partial charge in [0.2, 0.25) is 0 Å². The maximum absolute atomic E-state index is 10.3. The van der Waals surface area contributed by atoms with Crippen molar-refractivity contribution in [2.45, 2.75) is 51.2 Å². The van der Waals surface area contributed by atoms with Crippen LogP contribution in [0.15, 0.2) is 22.7 Å². The summed E-state index contributed by atoms with van der Waals surface area (Å²) in [5.41, 5.74) is 0.314. The SMILES string of the molecule is CC(C)c1cc(Br)ccc1OCC(C)(O)CNC1CC1. The average Bonchev–Trinajstić information content (AvgIpc) is 3.19. The summed E-state index contributed by atoms with van der Waals surface area (Å²) in [6, 6.07) is 6.61. The average molecular weight is 342 g/mol. The highest BCUT2D eigenvalue weighted by Gasteiger charge is 2.27. The number of halogens is 1. The number of hydrogen-bond donors (Lipinski definition) is 2. The van der Waals surface area contributed by atoms with E-state index >= 15 is 0 Å². The van der Waals surface area contributed by atoms with Crippen molar-refractivity contribution in [1.82, 2.24) is 5.32 Å². The van der Waals surface area contributed by atoms with Crippen molar-refractivity contribution in [1.29, 1.82) is 0 Å². The van der Waals surface area contributed by atoms with E-state index in [1.165, 1.54) is 12.8 Å². The van der Waals surface area contributed by atoms with Gasteiger partial charge < -0.3 is 15.2 Å². The molecule has 0 radical (unpaired) electrons. The van der Waals surface area contributed by atoms with Gasteiger partial charge in [-0.3, -0.25) is 0 Å². The van der Waals surface area contributed by atoms with Crippen LogP contribution >= 0.6 is 15.9 Å². The van der Waals surface area contributed by atoms with Crippen molar-refractivity contribution in [3.05, 3.63) is 28.2 Å². The molecule has 0 amide bonds. The Balaban J connectivity index is 1.94. The highest BCUT2D eigenvalue weighted by atomic mass is 79.9. The first-order valence-electron chi connectivity index (χ1n) is 7.25. The van der Waals surface area contributed by atoms with Crippen LogP contribution < -0.4 is 10.1 Å². The smallest absolute Gasteiger partial charge is 0.122 e. The molecule has 1 atom stereocenters. The molecule has 0 aliphatic heterocycles. The van der Waals surface area contributed by atoms with Gasteiger partial charge in [-0.05, 0) is 49.4 Å². The fourth-order valence-corrected chi connectivity index (χ4v) is 2.42. The maximum atomic E-state index is 10.3. The molecule has 2 N–H and O–H groups in total. The summed E-state index contributed by atoms with van der Waals surface area (Å²) in [6.07, 6.45) is 2.45. The van der Waals surface area contributed by atoms with Gasteiger partial charge in [-0.25, -0.2) is 0 Å². The molecule has 4 heteroatoms. The second kappa shape index (κ2) is 6.46. The van der Waals surface area contributed by atoms with Gasteiger partial charge in [-0.1, -0.05) is 29.8 Å². The number of ether oxygens (including phenoxy) is 1. The molecular formula is C16H24BrNO2. The highest BCUT2D eigenvalue weighted by molar-refractivity contribution is 9.10. The van der Waals surface area contributed by atoms with Crippen LogP contribution in [0.1, 0.15) is 45.1 Å². The Bertz CT molecular complexity index is 456. The van der Waals surface area contributed by atoms with Crippen molar-refractivity contribution in [2.24, 2.45) is 0 Å². The van der Waals surface area contributed by atoms with E-state index in [0.29, 0.717) is 25.1 Å². The molecular weight excluding hydrogens is 318 g/mol. The van der Waals surface area contributed by atoms with Gasteiger partial charge in [0.05, 0.1) is 0 Å². The summed E-state index contributed by atoms with van der Waals surface area (Å²) in [7, 11) is 0. The quantitative estimate of drug-likeness (QED) is 0.797. The van der Waals surface area contributed by atoms with Crippen LogP contribution in [-0.2, 0) is 0 Å². The van der Waals surface area contributed by atoms with E-state index in [1.807, 2.05) is 19.1 Å². The molecule has 0 heterocycles. The summed E-state index contributed by atoms with van der Waals surface area (Å²) >= 11 is 3.49. The zero-order chi connectivity index (χ0) is 14.8. The molecule has 2 rings (SSSR count). The van der Waals surface area contributed by atoms with E-state index < -0.39 is 5.60 Å². The van der Waals surface area contributed by atoms with Gasteiger partial charge in [0.25, 0.3) is 0 Å². The molecule has 1 aromatic carbocycles. The molecule has 1 unspecified atom stereocenters. The van der Waals surface area contributed by atoms with E-state index in [2.05, 4.69) is 41.2 Å². The third kappa shape index (κ3) is 4.76. The normalized spacial score (nSPS) is 18.1. The van der Waals surface area contributed by atoms with Gasteiger partial charge in [-0.15, -0.1) is 0 Å². The Morgan fingerprint density at radius 2 is 2.15 bits per heavy atom. The first kappa shape index (κ1) is 15.8. The minimum atomic E-state index is -0.843. The summed E-state index contributed by atoms with van der Waals surface area (Å²) < 4.78 is 6.91. The Hall–Kier alpha value is -0.580. The van der Waals surface area contributed by atoms with Crippen LogP contribution in [0.5, 0.6) is 5.75 Å². The lowest BCUT2D eigenvalue weighted by Crippen LogP contribution is -2.43. The third-order valence-electron chi connectivity index (χ3n) is 3.48. The van der Waals surface area contributed by atoms with Crippen LogP contribution in [0.4, 0.5) is 0 Å². The highest BCUT2D eigenvalue weighted by Crippen LogP contribution is 2.30. The monoisotopic (exact) mass is 341 g/mol. The molecule has 1 saturated carbocycles. The van der Waals surface area contributed by atoms with E-state index in [1.54, 1.807) is 0 Å². The van der Waals surface area contributed by atoms with Crippen LogP contribution in [0.25, 0.3) is 0 Å². The second-order valence-electron chi connectivity index (χ2n) is 6.28. The van der Waals surface area contributed by atoms with E-state index in [-0.39, 0.29) is 0 Å². The molecule has 1 aromatic rings. The number of nitrogens with one attached hydrogen (secondary N) is 1. The molecule has 1 fully saturated rings. The predicted molar refractivity (Wildman–Crippen MR) is 85.4 cm³/mol. The first-order chi connectivity index (χ1) is 9.37. The van der Waals surface area contributed by atoms with Crippen LogP contribution in [-0.4, -0.2) is 29.9 Å². The van der Waals surface area contributed by atoms with E-state index in [4.69, 9.17) is 4.74 Å². The Morgan fingerprint density at radius 1 is 1.45 bits per heavy atom. The Kier molecular flexibility index (Phi) is 5.10. The van der Waals surface area contributed by atoms with Crippen molar-refractivity contribution >= 4 is 15.9 Å². The predicted octanol–water partition coefficient (Wildman–Crippen LogP) is 3.45. The van der Waals surface area contributed by atoms with Crippen molar-refractivity contribution in [3.63, 3.8) is 0 Å². The summed E-state index contributed by atoms with van der Waals surface area (Å²) in [4.78, 5) is 0. The fourth-order valence-electron chi connectivity index (χ4n) is 2.04. The van der Waals surface area contributed by atoms with E-state index in [9.17, 15) is 5.11 Å². The van der Waals surface area contributed by atoms with Gasteiger partial charge in [0, 0.05) is 17.1 Å². The standard InChI is InChI=1S/C16H24BrNO2/c1-11(2)14-8-12(17)4-7-15(14)20-10-16(3,19)9-18-13-5-6-13/h4,7-8,11,13,18-19H,5-6,9-10H2,1-3H3. The van der Waals surface area contributed by atoms with E-state index in [0.717, 1.165) is 15.8 Å². The molecule has 3 nitrogen and oxygen atoms in total. The Morgan fingerprint density at radius 3 is 2.75 bits per heavy atom. The van der Waals surface area contributed by atoms with Gasteiger partial charge >= 0.3 is 0 Å². The molecule has 0 saturated heterocycles. The number of aliphatic hydroxyl groups is 1. The van der Waals surface area contributed by atoms with Gasteiger partial charge in [-0.2, -0.15) is 0 Å². The van der Waals surface area contributed by atoms with Gasteiger partial charge in [0.15, 0.2) is 0 Å². The first-order valence-corrected chi connectivity index (χ1v) is 8.05. The van der Waals surface area contributed by atoms with Crippen LogP contribution in [0, 0.1) is 0 Å². The minimum absolute atomic E-state index is 0.300. The molecule has 0 spiro atoms. The lowest BCUT2D eigenvalue weighted by molar-refractivity contribution is 0.0116. The van der Waals surface area contributed by atoms with Crippen molar-refractivity contribution in [3.8, 4) is 5.75 Å².